The summed E-state index contributed by atoms with van der Waals surface area (Å²) >= 11 is 7.35. The molecule has 7 heteroatoms. The van der Waals surface area contributed by atoms with Gasteiger partial charge in [0.1, 0.15) is 35.1 Å². The molecule has 1 amide bonds. The number of thiophene rings is 1. The summed E-state index contributed by atoms with van der Waals surface area (Å²) in [7, 11) is 0. The summed E-state index contributed by atoms with van der Waals surface area (Å²) in [4.78, 5) is 14.0. The van der Waals surface area contributed by atoms with Gasteiger partial charge in [0.25, 0.3) is 5.91 Å². The third kappa shape index (κ3) is 5.43. The molecule has 0 bridgehead atoms. The molecule has 0 saturated heterocycles. The predicted molar refractivity (Wildman–Crippen MR) is 130 cm³/mol. The Kier molecular flexibility index (Phi) is 7.10. The van der Waals surface area contributed by atoms with E-state index in [1.165, 1.54) is 17.4 Å². The third-order valence-corrected chi connectivity index (χ3v) is 6.82. The first-order valence-corrected chi connectivity index (χ1v) is 11.7. The second-order valence-corrected chi connectivity index (χ2v) is 9.18. The number of nitrogens with zero attached hydrogens (tertiary/aromatic N) is 2. The Hall–Kier alpha value is -3.58. The molecule has 1 aromatic heterocycles. The lowest BCUT2D eigenvalue weighted by Crippen LogP contribution is -2.13. The molecule has 4 rings (SSSR count). The summed E-state index contributed by atoms with van der Waals surface area (Å²) in [6, 6.07) is 18.8. The fourth-order valence-electron chi connectivity index (χ4n) is 3.70. The zero-order chi connectivity index (χ0) is 23.2. The molecular weight excluding hydrogens is 454 g/mol. The molecule has 5 nitrogen and oxygen atoms in total. The summed E-state index contributed by atoms with van der Waals surface area (Å²) in [5.74, 6) is 0.0918. The van der Waals surface area contributed by atoms with E-state index in [-0.39, 0.29) is 5.57 Å². The van der Waals surface area contributed by atoms with Crippen molar-refractivity contribution in [3.05, 3.63) is 86.3 Å². The molecule has 33 heavy (non-hydrogen) atoms. The lowest BCUT2D eigenvalue weighted by molar-refractivity contribution is -0.112. The number of rotatable bonds is 6. The van der Waals surface area contributed by atoms with Gasteiger partial charge in [0.2, 0.25) is 0 Å². The fourth-order valence-corrected chi connectivity index (χ4v) is 5.06. The molecule has 3 aromatic rings. The average Bonchev–Trinajstić information content (AvgIpc) is 3.19. The van der Waals surface area contributed by atoms with Crippen LogP contribution in [0.25, 0.3) is 6.08 Å². The molecule has 0 radical (unpaired) electrons. The number of benzene rings is 2. The zero-order valence-corrected chi connectivity index (χ0v) is 19.3. The topological polar surface area (TPSA) is 85.9 Å². The van der Waals surface area contributed by atoms with Crippen molar-refractivity contribution in [1.29, 1.82) is 10.5 Å². The van der Waals surface area contributed by atoms with Gasteiger partial charge in [-0.3, -0.25) is 4.79 Å². The van der Waals surface area contributed by atoms with E-state index in [1.54, 1.807) is 30.3 Å². The molecule has 2 aromatic carbocycles. The number of ether oxygens (including phenoxy) is 1. The molecule has 0 aliphatic heterocycles. The molecule has 0 unspecified atom stereocenters. The summed E-state index contributed by atoms with van der Waals surface area (Å²) in [5, 5.41) is 23.1. The van der Waals surface area contributed by atoms with Crippen LogP contribution < -0.4 is 10.1 Å². The maximum atomic E-state index is 12.8. The van der Waals surface area contributed by atoms with Crippen molar-refractivity contribution in [2.24, 2.45) is 0 Å². The van der Waals surface area contributed by atoms with Gasteiger partial charge in [0.05, 0.1) is 5.56 Å². The molecule has 1 aliphatic carbocycles. The summed E-state index contributed by atoms with van der Waals surface area (Å²) < 4.78 is 5.83. The van der Waals surface area contributed by atoms with Gasteiger partial charge >= 0.3 is 0 Å². The molecule has 1 aliphatic rings. The van der Waals surface area contributed by atoms with Crippen molar-refractivity contribution in [2.75, 3.05) is 5.32 Å². The number of amides is 1. The molecule has 164 valence electrons. The Balaban J connectivity index is 1.48. The Morgan fingerprint density at radius 1 is 1.15 bits per heavy atom. The van der Waals surface area contributed by atoms with Crippen LogP contribution in [0.3, 0.4) is 0 Å². The van der Waals surface area contributed by atoms with E-state index in [0.717, 1.165) is 41.7 Å². The Morgan fingerprint density at radius 3 is 2.70 bits per heavy atom. The van der Waals surface area contributed by atoms with E-state index in [1.807, 2.05) is 24.3 Å². The van der Waals surface area contributed by atoms with Crippen LogP contribution in [0.1, 0.15) is 40.0 Å². The van der Waals surface area contributed by atoms with Gasteiger partial charge in [-0.2, -0.15) is 10.5 Å². The van der Waals surface area contributed by atoms with Crippen LogP contribution in [0.4, 0.5) is 5.00 Å². The van der Waals surface area contributed by atoms with Crippen LogP contribution in [0.15, 0.2) is 54.1 Å². The van der Waals surface area contributed by atoms with E-state index in [2.05, 4.69) is 11.4 Å². The first-order chi connectivity index (χ1) is 16.1. The van der Waals surface area contributed by atoms with E-state index < -0.39 is 5.91 Å². The summed E-state index contributed by atoms with van der Waals surface area (Å²) in [6.07, 6.45) is 5.43. The fraction of sp³-hybridized carbons (Fsp3) is 0.192. The largest absolute Gasteiger partial charge is 0.489 e. The smallest absolute Gasteiger partial charge is 0.266 e. The number of nitriles is 2. The monoisotopic (exact) mass is 473 g/mol. The minimum atomic E-state index is -0.528. The van der Waals surface area contributed by atoms with Gasteiger partial charge in [-0.05, 0) is 72.7 Å². The number of halogens is 1. The molecule has 0 spiro atoms. The van der Waals surface area contributed by atoms with E-state index in [9.17, 15) is 15.3 Å². The highest BCUT2D eigenvalue weighted by Gasteiger charge is 2.22. The van der Waals surface area contributed by atoms with Crippen LogP contribution in [0.5, 0.6) is 5.75 Å². The van der Waals surface area contributed by atoms with Gasteiger partial charge in [0.15, 0.2) is 0 Å². The Bertz CT molecular complexity index is 1300. The normalized spacial score (nSPS) is 12.9. The number of hydrogen-bond donors (Lipinski definition) is 1. The lowest BCUT2D eigenvalue weighted by atomic mass is 9.96. The predicted octanol–water partition coefficient (Wildman–Crippen LogP) is 6.28. The van der Waals surface area contributed by atoms with E-state index in [4.69, 9.17) is 16.3 Å². The van der Waals surface area contributed by atoms with Gasteiger partial charge in [0, 0.05) is 9.90 Å². The summed E-state index contributed by atoms with van der Waals surface area (Å²) in [5.41, 5.74) is 3.17. The van der Waals surface area contributed by atoms with Crippen molar-refractivity contribution in [2.45, 2.75) is 32.3 Å². The van der Waals surface area contributed by atoms with Crippen LogP contribution in [0.2, 0.25) is 5.02 Å². The highest BCUT2D eigenvalue weighted by Crippen LogP contribution is 2.37. The number of nitrogens with one attached hydrogen (secondary N) is 1. The van der Waals surface area contributed by atoms with Crippen molar-refractivity contribution in [3.8, 4) is 17.9 Å². The van der Waals surface area contributed by atoms with E-state index in [0.29, 0.717) is 33.5 Å². The molecular formula is C26H20ClN3O2S. The number of anilines is 1. The van der Waals surface area contributed by atoms with Crippen molar-refractivity contribution in [3.63, 3.8) is 0 Å². The van der Waals surface area contributed by atoms with Gasteiger partial charge < -0.3 is 10.1 Å². The first-order valence-electron chi connectivity index (χ1n) is 10.5. The molecule has 0 atom stereocenters. The minimum absolute atomic E-state index is 0.0416. The van der Waals surface area contributed by atoms with Crippen molar-refractivity contribution in [1.82, 2.24) is 0 Å². The quantitative estimate of drug-likeness (QED) is 0.337. The van der Waals surface area contributed by atoms with Crippen LogP contribution in [0, 0.1) is 22.7 Å². The van der Waals surface area contributed by atoms with Gasteiger partial charge in [-0.1, -0.05) is 35.9 Å². The maximum Gasteiger partial charge on any atom is 0.266 e. The van der Waals surface area contributed by atoms with Crippen LogP contribution in [-0.2, 0) is 24.2 Å². The number of aryl methyl sites for hydroxylation is 1. The molecule has 0 fully saturated rings. The number of carbonyl (C=O) groups excluding carboxylic acids is 1. The molecule has 1 N–H and O–H groups in total. The second kappa shape index (κ2) is 10.4. The third-order valence-electron chi connectivity index (χ3n) is 5.36. The van der Waals surface area contributed by atoms with Crippen LogP contribution >= 0.6 is 22.9 Å². The Morgan fingerprint density at radius 2 is 1.94 bits per heavy atom. The minimum Gasteiger partial charge on any atom is -0.489 e. The summed E-state index contributed by atoms with van der Waals surface area (Å²) in [6.45, 7) is 0.371. The maximum absolute atomic E-state index is 12.8. The number of fused-ring (bicyclic) bond motifs is 1. The van der Waals surface area contributed by atoms with E-state index >= 15 is 0 Å². The van der Waals surface area contributed by atoms with Crippen LogP contribution in [-0.4, -0.2) is 5.91 Å². The van der Waals surface area contributed by atoms with Crippen molar-refractivity contribution >= 4 is 39.9 Å². The second-order valence-electron chi connectivity index (χ2n) is 7.64. The highest BCUT2D eigenvalue weighted by molar-refractivity contribution is 7.16. The molecule has 0 saturated carbocycles. The van der Waals surface area contributed by atoms with Gasteiger partial charge in [-0.25, -0.2) is 0 Å². The number of carbonyl (C=O) groups is 1. The first kappa shape index (κ1) is 22.6. The zero-order valence-electron chi connectivity index (χ0n) is 17.7. The SMILES string of the molecule is N#C/C(=C\c1cccc(OCc2ccc(Cl)cc2)c1)C(=O)Nc1sc2c(c1C#N)CCCC2. The molecule has 1 heterocycles. The number of hydrogen-bond acceptors (Lipinski definition) is 5. The van der Waals surface area contributed by atoms with Crippen molar-refractivity contribution < 1.29 is 9.53 Å². The lowest BCUT2D eigenvalue weighted by Gasteiger charge is -2.09. The average molecular weight is 474 g/mol. The van der Waals surface area contributed by atoms with Gasteiger partial charge in [-0.15, -0.1) is 11.3 Å². The standard InChI is InChI=1S/C26H20ClN3O2S/c27-20-10-8-17(9-11-20)16-32-21-5-3-4-18(13-21)12-19(14-28)25(31)30-26-23(15-29)22-6-1-2-7-24(22)33-26/h3-5,8-13H,1-2,6-7,16H2,(H,30,31)/b19-12+. The highest BCUT2D eigenvalue weighted by atomic mass is 35.5. The Labute approximate surface area is 201 Å².